The maximum atomic E-state index is 5.90. The van der Waals surface area contributed by atoms with Crippen LogP contribution in [0.4, 0.5) is 17.1 Å². The summed E-state index contributed by atoms with van der Waals surface area (Å²) in [5.74, 6) is 0. The zero-order valence-corrected chi connectivity index (χ0v) is 11.4. The Bertz CT molecular complexity index is 481. The van der Waals surface area contributed by atoms with Gasteiger partial charge in [0.15, 0.2) is 0 Å². The lowest BCUT2D eigenvalue weighted by atomic mass is 10.1. The first kappa shape index (κ1) is 12.1. The average molecular weight is 342 g/mol. The van der Waals surface area contributed by atoms with E-state index in [1.54, 1.807) is 6.07 Å². The van der Waals surface area contributed by atoms with Crippen LogP contribution in [-0.2, 0) is 0 Å². The van der Waals surface area contributed by atoms with E-state index >= 15 is 0 Å². The zero-order chi connectivity index (χ0) is 12.4. The smallest absolute Gasteiger partial charge is 0.0602 e. The van der Waals surface area contributed by atoms with Gasteiger partial charge < -0.3 is 22.5 Å². The summed E-state index contributed by atoms with van der Waals surface area (Å²) in [5.41, 5.74) is 20.3. The fourth-order valence-electron chi connectivity index (χ4n) is 1.68. The molecule has 0 saturated heterocycles. The van der Waals surface area contributed by atoms with Crippen LogP contribution < -0.4 is 22.5 Å². The third kappa shape index (κ3) is 2.85. The summed E-state index contributed by atoms with van der Waals surface area (Å²) < 4.78 is 0.301. The minimum atomic E-state index is 0.189. The van der Waals surface area contributed by atoms with Gasteiger partial charge in [0.25, 0.3) is 0 Å². The van der Waals surface area contributed by atoms with Gasteiger partial charge in [0, 0.05) is 11.4 Å². The first-order valence-electron chi connectivity index (χ1n) is 5.27. The van der Waals surface area contributed by atoms with Crippen LogP contribution in [0.3, 0.4) is 0 Å². The number of benzene rings is 1. The Labute approximate surface area is 114 Å². The predicted molar refractivity (Wildman–Crippen MR) is 81.9 cm³/mol. The van der Waals surface area contributed by atoms with E-state index in [9.17, 15) is 0 Å². The van der Waals surface area contributed by atoms with E-state index < -0.39 is 0 Å². The molecule has 2 rings (SSSR count). The number of allylic oxidation sites excluding steroid dienone is 1. The lowest BCUT2D eigenvalue weighted by Crippen LogP contribution is -2.29. The van der Waals surface area contributed by atoms with E-state index in [4.69, 9.17) is 17.2 Å². The number of nitrogens with one attached hydrogen (secondary N) is 1. The number of hydrogen-bond donors (Lipinski definition) is 4. The molecule has 5 heteroatoms. The van der Waals surface area contributed by atoms with Crippen LogP contribution in [0.25, 0.3) is 0 Å². The minimum Gasteiger partial charge on any atom is -0.399 e. The molecule has 0 aromatic heterocycles. The van der Waals surface area contributed by atoms with Crippen molar-refractivity contribution >= 4 is 39.7 Å². The summed E-state index contributed by atoms with van der Waals surface area (Å²) in [6.07, 6.45) is 5.97. The molecular formula is C12H15IN4. The molecule has 0 spiro atoms. The molecular weight excluding hydrogens is 327 g/mol. The Morgan fingerprint density at radius 3 is 2.59 bits per heavy atom. The topological polar surface area (TPSA) is 90.1 Å². The first-order valence-corrected chi connectivity index (χ1v) is 6.52. The Hall–Kier alpha value is -1.37. The Kier molecular flexibility index (Phi) is 3.46. The van der Waals surface area contributed by atoms with Gasteiger partial charge in [0.05, 0.1) is 21.3 Å². The second kappa shape index (κ2) is 4.87. The molecule has 1 aromatic carbocycles. The molecule has 0 aliphatic heterocycles. The van der Waals surface area contributed by atoms with Gasteiger partial charge in [-0.25, -0.2) is 0 Å². The second-order valence-electron chi connectivity index (χ2n) is 3.99. The van der Waals surface area contributed by atoms with E-state index in [0.29, 0.717) is 15.3 Å². The van der Waals surface area contributed by atoms with Crippen LogP contribution in [-0.4, -0.2) is 9.97 Å². The van der Waals surface area contributed by atoms with Crippen molar-refractivity contribution < 1.29 is 0 Å². The molecule has 90 valence electrons. The summed E-state index contributed by atoms with van der Waals surface area (Å²) in [4.78, 5) is 0. The normalized spacial score (nSPS) is 23.2. The molecule has 1 aromatic rings. The van der Waals surface area contributed by atoms with Gasteiger partial charge in [-0.1, -0.05) is 28.7 Å². The maximum absolute atomic E-state index is 5.90. The summed E-state index contributed by atoms with van der Waals surface area (Å²) in [6.45, 7) is 0. The summed E-state index contributed by atoms with van der Waals surface area (Å²) >= 11 is 2.34. The molecule has 4 nitrogen and oxygen atoms in total. The highest BCUT2D eigenvalue weighted by Crippen LogP contribution is 2.25. The first-order chi connectivity index (χ1) is 8.06. The molecule has 0 saturated carbocycles. The van der Waals surface area contributed by atoms with Crippen molar-refractivity contribution in [1.82, 2.24) is 0 Å². The number of nitrogen functional groups attached to an aromatic ring is 2. The van der Waals surface area contributed by atoms with Crippen molar-refractivity contribution in [2.45, 2.75) is 9.97 Å². The van der Waals surface area contributed by atoms with Crippen molar-refractivity contribution in [3.63, 3.8) is 0 Å². The fourth-order valence-corrected chi connectivity index (χ4v) is 2.52. The van der Waals surface area contributed by atoms with Gasteiger partial charge in [-0.3, -0.25) is 0 Å². The number of hydrogen-bond acceptors (Lipinski definition) is 4. The quantitative estimate of drug-likeness (QED) is 0.375. The third-order valence-electron chi connectivity index (χ3n) is 2.59. The zero-order valence-electron chi connectivity index (χ0n) is 9.23. The molecule has 0 heterocycles. The van der Waals surface area contributed by atoms with Gasteiger partial charge in [-0.15, -0.1) is 0 Å². The highest BCUT2D eigenvalue weighted by Gasteiger charge is 2.17. The van der Waals surface area contributed by atoms with Crippen LogP contribution in [0.2, 0.25) is 0 Å². The van der Waals surface area contributed by atoms with Gasteiger partial charge in [0.2, 0.25) is 0 Å². The van der Waals surface area contributed by atoms with Crippen molar-refractivity contribution in [3.8, 4) is 0 Å². The fraction of sp³-hybridized carbons (Fsp3) is 0.167. The van der Waals surface area contributed by atoms with Gasteiger partial charge in [0.1, 0.15) is 0 Å². The van der Waals surface area contributed by atoms with Crippen LogP contribution >= 0.6 is 22.6 Å². The number of halogens is 1. The number of alkyl halides is 1. The summed E-state index contributed by atoms with van der Waals surface area (Å²) in [7, 11) is 0. The SMILES string of the molecule is NC1=CC(I)C(Nc2ccc(N)cc2N)C=C1. The van der Waals surface area contributed by atoms with E-state index in [0.717, 1.165) is 11.4 Å². The van der Waals surface area contributed by atoms with Gasteiger partial charge in [-0.2, -0.15) is 0 Å². The number of rotatable bonds is 2. The largest absolute Gasteiger partial charge is 0.399 e. The summed E-state index contributed by atoms with van der Waals surface area (Å²) in [5, 5.41) is 3.37. The molecule has 0 bridgehead atoms. The molecule has 0 amide bonds. The molecule has 17 heavy (non-hydrogen) atoms. The van der Waals surface area contributed by atoms with E-state index in [2.05, 4.69) is 27.9 Å². The van der Waals surface area contributed by atoms with E-state index in [1.165, 1.54) is 0 Å². The van der Waals surface area contributed by atoms with Crippen molar-refractivity contribution in [3.05, 3.63) is 42.1 Å². The number of anilines is 3. The number of nitrogens with two attached hydrogens (primary N) is 3. The molecule has 7 N–H and O–H groups in total. The van der Waals surface area contributed by atoms with Crippen molar-refractivity contribution in [2.24, 2.45) is 5.73 Å². The van der Waals surface area contributed by atoms with Crippen LogP contribution in [0.5, 0.6) is 0 Å². The molecule has 2 atom stereocenters. The summed E-state index contributed by atoms with van der Waals surface area (Å²) in [6, 6.07) is 5.66. The predicted octanol–water partition coefficient (Wildman–Crippen LogP) is 1.85. The molecule has 0 fully saturated rings. The monoisotopic (exact) mass is 342 g/mol. The Balaban J connectivity index is 2.14. The van der Waals surface area contributed by atoms with E-state index in [-0.39, 0.29) is 6.04 Å². The Morgan fingerprint density at radius 1 is 1.18 bits per heavy atom. The minimum absolute atomic E-state index is 0.189. The van der Waals surface area contributed by atoms with Crippen LogP contribution in [0.15, 0.2) is 42.1 Å². The molecule has 0 radical (unpaired) electrons. The van der Waals surface area contributed by atoms with Crippen molar-refractivity contribution in [1.29, 1.82) is 0 Å². The lowest BCUT2D eigenvalue weighted by Gasteiger charge is -2.23. The molecule has 1 aliphatic carbocycles. The highest BCUT2D eigenvalue weighted by atomic mass is 127. The van der Waals surface area contributed by atoms with Gasteiger partial charge >= 0.3 is 0 Å². The lowest BCUT2D eigenvalue weighted by molar-refractivity contribution is 0.911. The molecule has 1 aliphatic rings. The van der Waals surface area contributed by atoms with Crippen LogP contribution in [0, 0.1) is 0 Å². The Morgan fingerprint density at radius 2 is 1.94 bits per heavy atom. The molecule has 2 unspecified atom stereocenters. The second-order valence-corrected chi connectivity index (χ2v) is 5.43. The highest BCUT2D eigenvalue weighted by molar-refractivity contribution is 14.1. The average Bonchev–Trinajstić information content (AvgIpc) is 2.25. The third-order valence-corrected chi connectivity index (χ3v) is 3.72. The van der Waals surface area contributed by atoms with Crippen LogP contribution in [0.1, 0.15) is 0 Å². The maximum Gasteiger partial charge on any atom is 0.0602 e. The van der Waals surface area contributed by atoms with E-state index in [1.807, 2.05) is 30.4 Å². The van der Waals surface area contributed by atoms with Gasteiger partial charge in [-0.05, 0) is 30.4 Å². The van der Waals surface area contributed by atoms with Crippen molar-refractivity contribution in [2.75, 3.05) is 16.8 Å². The standard InChI is InChI=1S/C12H15IN4/c13-9-5-7(14)1-3-11(9)17-12-4-2-8(15)6-10(12)16/h1-6,9,11,17H,14-16H2.